The topological polar surface area (TPSA) is 38.3 Å². The lowest BCUT2D eigenvalue weighted by atomic mass is 9.93. The van der Waals surface area contributed by atoms with Crippen LogP contribution in [0.4, 0.5) is 0 Å². The van der Waals surface area contributed by atoms with Crippen LogP contribution in [0, 0.1) is 0 Å². The van der Waals surface area contributed by atoms with E-state index in [2.05, 4.69) is 12.2 Å². The zero-order valence-corrected chi connectivity index (χ0v) is 11.6. The first-order chi connectivity index (χ1) is 8.12. The molecule has 0 spiro atoms. The molecule has 0 bridgehead atoms. The Kier molecular flexibility index (Phi) is 5.96. The first kappa shape index (κ1) is 14.5. The molecule has 0 saturated heterocycles. The van der Waals surface area contributed by atoms with Gasteiger partial charge in [-0.05, 0) is 26.2 Å². The predicted octanol–water partition coefficient (Wildman–Crippen LogP) is 3.03. The number of rotatable bonds is 5. The Hall–Kier alpha value is -0.570. The number of methoxy groups -OCH3 is 1. The Morgan fingerprint density at radius 1 is 1.29 bits per heavy atom. The minimum atomic E-state index is -0.501. The van der Waals surface area contributed by atoms with Crippen LogP contribution in [0.2, 0.25) is 0 Å². The van der Waals surface area contributed by atoms with E-state index in [0.717, 1.165) is 12.8 Å². The summed E-state index contributed by atoms with van der Waals surface area (Å²) in [6.45, 7) is 4.09. The summed E-state index contributed by atoms with van der Waals surface area (Å²) in [4.78, 5) is 11.9. The molecule has 1 saturated carbocycles. The van der Waals surface area contributed by atoms with Crippen LogP contribution in [-0.2, 0) is 9.53 Å². The van der Waals surface area contributed by atoms with Gasteiger partial charge in [-0.1, -0.05) is 39.0 Å². The average molecular weight is 241 g/mol. The van der Waals surface area contributed by atoms with Gasteiger partial charge >= 0.3 is 5.97 Å². The monoisotopic (exact) mass is 241 g/mol. The van der Waals surface area contributed by atoms with E-state index in [1.165, 1.54) is 45.6 Å². The molecule has 1 atom stereocenters. The number of ether oxygens (including phenoxy) is 1. The van der Waals surface area contributed by atoms with E-state index in [9.17, 15) is 4.79 Å². The first-order valence-electron chi connectivity index (χ1n) is 6.98. The number of hydrogen-bond donors (Lipinski definition) is 1. The van der Waals surface area contributed by atoms with E-state index in [1.807, 2.05) is 6.92 Å². The molecule has 0 aliphatic heterocycles. The molecule has 0 aromatic heterocycles. The summed E-state index contributed by atoms with van der Waals surface area (Å²) in [7, 11) is 1.48. The largest absolute Gasteiger partial charge is 0.468 e. The summed E-state index contributed by atoms with van der Waals surface area (Å²) in [5.41, 5.74) is -0.501. The Labute approximate surface area is 105 Å². The van der Waals surface area contributed by atoms with E-state index >= 15 is 0 Å². The molecule has 1 N–H and O–H groups in total. The van der Waals surface area contributed by atoms with E-state index in [-0.39, 0.29) is 5.97 Å². The molecule has 17 heavy (non-hydrogen) atoms. The highest BCUT2D eigenvalue weighted by molar-refractivity contribution is 5.80. The minimum absolute atomic E-state index is 0.122. The Morgan fingerprint density at radius 3 is 2.35 bits per heavy atom. The fraction of sp³-hybridized carbons (Fsp3) is 0.929. The lowest BCUT2D eigenvalue weighted by Crippen LogP contribution is -2.54. The molecule has 0 aromatic rings. The SMILES string of the molecule is CCCC(C)(NC1CCCCCC1)C(=O)OC. The van der Waals surface area contributed by atoms with Crippen molar-refractivity contribution >= 4 is 5.97 Å². The zero-order chi connectivity index (χ0) is 12.7. The average Bonchev–Trinajstić information content (AvgIpc) is 2.56. The van der Waals surface area contributed by atoms with E-state index < -0.39 is 5.54 Å². The molecule has 3 heteroatoms. The normalized spacial score (nSPS) is 21.6. The smallest absolute Gasteiger partial charge is 0.325 e. The van der Waals surface area contributed by atoms with Crippen molar-refractivity contribution in [2.24, 2.45) is 0 Å². The van der Waals surface area contributed by atoms with Gasteiger partial charge in [-0.3, -0.25) is 10.1 Å². The highest BCUT2D eigenvalue weighted by Crippen LogP contribution is 2.22. The van der Waals surface area contributed by atoms with Gasteiger partial charge < -0.3 is 4.74 Å². The first-order valence-corrected chi connectivity index (χ1v) is 6.98. The van der Waals surface area contributed by atoms with Crippen molar-refractivity contribution in [1.82, 2.24) is 5.32 Å². The van der Waals surface area contributed by atoms with Gasteiger partial charge in [0.2, 0.25) is 0 Å². The molecule has 0 amide bonds. The minimum Gasteiger partial charge on any atom is -0.468 e. The highest BCUT2D eigenvalue weighted by Gasteiger charge is 2.35. The summed E-state index contributed by atoms with van der Waals surface area (Å²) in [6.07, 6.45) is 9.44. The molecule has 1 rings (SSSR count). The molecule has 1 aliphatic carbocycles. The standard InChI is InChI=1S/C14H27NO2/c1-4-11-14(2,13(16)17-3)15-12-9-7-5-6-8-10-12/h12,15H,4-11H2,1-3H3. The van der Waals surface area contributed by atoms with Crippen LogP contribution in [-0.4, -0.2) is 24.7 Å². The quantitative estimate of drug-likeness (QED) is 0.594. The molecule has 0 radical (unpaired) electrons. The van der Waals surface area contributed by atoms with Crippen LogP contribution >= 0.6 is 0 Å². The maximum atomic E-state index is 11.9. The van der Waals surface area contributed by atoms with Crippen LogP contribution in [0.25, 0.3) is 0 Å². The van der Waals surface area contributed by atoms with Crippen molar-refractivity contribution in [2.45, 2.75) is 76.8 Å². The molecule has 0 heterocycles. The third-order valence-electron chi connectivity index (χ3n) is 3.76. The van der Waals surface area contributed by atoms with E-state index in [0.29, 0.717) is 6.04 Å². The van der Waals surface area contributed by atoms with Gasteiger partial charge in [0.1, 0.15) is 5.54 Å². The Balaban J connectivity index is 2.60. The van der Waals surface area contributed by atoms with Crippen LogP contribution in [0.15, 0.2) is 0 Å². The number of nitrogens with one attached hydrogen (secondary N) is 1. The van der Waals surface area contributed by atoms with Gasteiger partial charge in [0, 0.05) is 6.04 Å². The van der Waals surface area contributed by atoms with Crippen molar-refractivity contribution in [1.29, 1.82) is 0 Å². The highest BCUT2D eigenvalue weighted by atomic mass is 16.5. The molecule has 1 fully saturated rings. The third-order valence-corrected chi connectivity index (χ3v) is 3.76. The lowest BCUT2D eigenvalue weighted by Gasteiger charge is -2.32. The number of esters is 1. The van der Waals surface area contributed by atoms with Crippen molar-refractivity contribution in [3.05, 3.63) is 0 Å². The van der Waals surface area contributed by atoms with Crippen molar-refractivity contribution in [3.8, 4) is 0 Å². The van der Waals surface area contributed by atoms with E-state index in [1.54, 1.807) is 0 Å². The summed E-state index contributed by atoms with van der Waals surface area (Å²) in [6, 6.07) is 0.480. The van der Waals surface area contributed by atoms with Crippen molar-refractivity contribution in [2.75, 3.05) is 7.11 Å². The molecular weight excluding hydrogens is 214 g/mol. The van der Waals surface area contributed by atoms with Gasteiger partial charge in [0.05, 0.1) is 7.11 Å². The number of carbonyl (C=O) groups is 1. The molecular formula is C14H27NO2. The van der Waals surface area contributed by atoms with Crippen molar-refractivity contribution in [3.63, 3.8) is 0 Å². The summed E-state index contributed by atoms with van der Waals surface area (Å²) in [5.74, 6) is -0.122. The van der Waals surface area contributed by atoms with Crippen LogP contribution in [0.5, 0.6) is 0 Å². The Morgan fingerprint density at radius 2 is 1.88 bits per heavy atom. The maximum Gasteiger partial charge on any atom is 0.325 e. The number of hydrogen-bond acceptors (Lipinski definition) is 3. The summed E-state index contributed by atoms with van der Waals surface area (Å²) in [5, 5.41) is 3.55. The molecule has 0 aromatic carbocycles. The van der Waals surface area contributed by atoms with Gasteiger partial charge in [0.25, 0.3) is 0 Å². The zero-order valence-electron chi connectivity index (χ0n) is 11.6. The second-order valence-electron chi connectivity index (χ2n) is 5.41. The molecule has 100 valence electrons. The maximum absolute atomic E-state index is 11.9. The molecule has 3 nitrogen and oxygen atoms in total. The fourth-order valence-electron chi connectivity index (χ4n) is 2.83. The van der Waals surface area contributed by atoms with Gasteiger partial charge in [0.15, 0.2) is 0 Å². The fourth-order valence-corrected chi connectivity index (χ4v) is 2.83. The van der Waals surface area contributed by atoms with Crippen molar-refractivity contribution < 1.29 is 9.53 Å². The second-order valence-corrected chi connectivity index (χ2v) is 5.41. The van der Waals surface area contributed by atoms with Gasteiger partial charge in [-0.15, -0.1) is 0 Å². The van der Waals surface area contributed by atoms with Crippen LogP contribution in [0.3, 0.4) is 0 Å². The van der Waals surface area contributed by atoms with E-state index in [4.69, 9.17) is 4.74 Å². The van der Waals surface area contributed by atoms with Gasteiger partial charge in [-0.25, -0.2) is 0 Å². The van der Waals surface area contributed by atoms with Crippen LogP contribution < -0.4 is 5.32 Å². The second kappa shape index (κ2) is 7.00. The van der Waals surface area contributed by atoms with Gasteiger partial charge in [-0.2, -0.15) is 0 Å². The lowest BCUT2D eigenvalue weighted by molar-refractivity contribution is -0.148. The molecule has 1 aliphatic rings. The predicted molar refractivity (Wildman–Crippen MR) is 70.0 cm³/mol. The number of carbonyl (C=O) groups excluding carboxylic acids is 1. The van der Waals surface area contributed by atoms with Crippen LogP contribution in [0.1, 0.15) is 65.2 Å². The third kappa shape index (κ3) is 4.30. The molecule has 1 unspecified atom stereocenters. The summed E-state index contributed by atoms with van der Waals surface area (Å²) >= 11 is 0. The summed E-state index contributed by atoms with van der Waals surface area (Å²) < 4.78 is 4.94. The Bertz CT molecular complexity index is 234.